The molecular weight excluding hydrogens is 867 g/mol. The number of fused-ring (bicyclic) bond motifs is 4. The van der Waals surface area contributed by atoms with E-state index in [9.17, 15) is 38.7 Å². The quantitative estimate of drug-likeness (QED) is 0.139. The molecule has 4 N–H and O–H groups in total. The summed E-state index contributed by atoms with van der Waals surface area (Å²) in [5.41, 5.74) is 0.456. The third-order valence-corrected chi connectivity index (χ3v) is 12.2. The summed E-state index contributed by atoms with van der Waals surface area (Å²) in [6.45, 7) is 2.53. The molecule has 0 spiro atoms. The van der Waals surface area contributed by atoms with Crippen molar-refractivity contribution in [3.63, 3.8) is 0 Å². The molecule has 2 aromatic carbocycles. The minimum atomic E-state index is -1.12. The zero-order chi connectivity index (χ0) is 47.0. The highest BCUT2D eigenvalue weighted by Crippen LogP contribution is 2.26. The Labute approximate surface area is 384 Å². The van der Waals surface area contributed by atoms with Gasteiger partial charge in [0.15, 0.2) is 6.04 Å². The number of ether oxygens (including phenoxy) is 4. The fourth-order valence-corrected chi connectivity index (χ4v) is 8.96. The number of aromatic nitrogens is 2. The van der Waals surface area contributed by atoms with E-state index < -0.39 is 72.1 Å². The average molecular weight is 918 g/mol. The van der Waals surface area contributed by atoms with Crippen LogP contribution in [0.2, 0.25) is 0 Å². The maximum atomic E-state index is 13.9. The van der Waals surface area contributed by atoms with Crippen molar-refractivity contribution in [2.45, 2.75) is 87.6 Å². The molecule has 3 saturated heterocycles. The van der Waals surface area contributed by atoms with E-state index in [1.807, 2.05) is 78.9 Å². The van der Waals surface area contributed by atoms with Crippen LogP contribution >= 0.6 is 0 Å². The number of cyclic esters (lactones) is 1. The van der Waals surface area contributed by atoms with E-state index in [1.54, 1.807) is 25.4 Å². The van der Waals surface area contributed by atoms with Crippen LogP contribution in [0.3, 0.4) is 0 Å². The third kappa shape index (κ3) is 10.3. The zero-order valence-corrected chi connectivity index (χ0v) is 36.7. The van der Waals surface area contributed by atoms with Gasteiger partial charge >= 0.3 is 11.9 Å². The molecule has 3 fully saturated rings. The Morgan fingerprint density at radius 2 is 1.16 bits per heavy atom. The smallest absolute Gasteiger partial charge is 0.328 e. The molecule has 9 rings (SSSR count). The van der Waals surface area contributed by atoms with Crippen LogP contribution in [0.15, 0.2) is 97.4 Å². The van der Waals surface area contributed by atoms with Crippen molar-refractivity contribution < 1.29 is 57.6 Å². The van der Waals surface area contributed by atoms with Crippen LogP contribution in [-0.4, -0.2) is 148 Å². The number of carbonyl (C=O) groups excluding carboxylic acids is 6. The molecule has 1 unspecified atom stereocenters. The van der Waals surface area contributed by atoms with Gasteiger partial charge in [-0.2, -0.15) is 0 Å². The van der Waals surface area contributed by atoms with Crippen LogP contribution < -0.4 is 16.0 Å². The summed E-state index contributed by atoms with van der Waals surface area (Å²) in [7, 11) is 0. The summed E-state index contributed by atoms with van der Waals surface area (Å²) in [5.74, 6) is -3.79. The summed E-state index contributed by atoms with van der Waals surface area (Å²) in [6, 6.07) is 13.2. The molecule has 0 aliphatic carbocycles. The van der Waals surface area contributed by atoms with Gasteiger partial charge in [-0.1, -0.05) is 72.8 Å². The first-order valence-electron chi connectivity index (χ1n) is 22.3. The number of amides is 5. The highest BCUT2D eigenvalue weighted by Gasteiger charge is 2.45. The van der Waals surface area contributed by atoms with Crippen LogP contribution in [0.25, 0.3) is 21.5 Å². The Hall–Kier alpha value is -7.09. The lowest BCUT2D eigenvalue weighted by Crippen LogP contribution is -2.65. The molecule has 19 nitrogen and oxygen atoms in total. The van der Waals surface area contributed by atoms with Crippen molar-refractivity contribution in [3.8, 4) is 0 Å². The number of nitrogens with one attached hydrogen (secondary N) is 3. The highest BCUT2D eigenvalue weighted by atomic mass is 16.7. The van der Waals surface area contributed by atoms with Gasteiger partial charge in [-0.3, -0.25) is 38.7 Å². The van der Waals surface area contributed by atoms with E-state index in [0.717, 1.165) is 10.8 Å². The van der Waals surface area contributed by atoms with Gasteiger partial charge in [-0.25, -0.2) is 4.79 Å². The number of rotatable bonds is 9. The molecule has 4 aromatic rings. The van der Waals surface area contributed by atoms with Crippen LogP contribution in [0.4, 0.5) is 0 Å². The highest BCUT2D eigenvalue weighted by molar-refractivity contribution is 6.07. The lowest BCUT2D eigenvalue weighted by Gasteiger charge is -2.43. The molecule has 5 aliphatic heterocycles. The van der Waals surface area contributed by atoms with E-state index in [4.69, 9.17) is 18.9 Å². The molecule has 0 bridgehead atoms. The van der Waals surface area contributed by atoms with E-state index in [2.05, 4.69) is 25.9 Å². The molecule has 67 heavy (non-hydrogen) atoms. The molecule has 0 radical (unpaired) electrons. The molecule has 19 heteroatoms. The summed E-state index contributed by atoms with van der Waals surface area (Å²) >= 11 is 0. The van der Waals surface area contributed by atoms with E-state index >= 15 is 0 Å². The first-order chi connectivity index (χ1) is 32.5. The Morgan fingerprint density at radius 1 is 0.672 bits per heavy atom. The van der Waals surface area contributed by atoms with Crippen molar-refractivity contribution in [2.24, 2.45) is 0 Å². The molecule has 0 saturated carbocycles. The second kappa shape index (κ2) is 21.0. The van der Waals surface area contributed by atoms with Crippen molar-refractivity contribution >= 4 is 63.0 Å². The van der Waals surface area contributed by atoms with Crippen molar-refractivity contribution in [1.82, 2.24) is 35.7 Å². The fraction of sp³-hybridized carbons (Fsp3) is 0.396. The van der Waals surface area contributed by atoms with E-state index in [0.29, 0.717) is 30.2 Å². The Bertz CT molecular complexity index is 2590. The number of carbonyl (C=O) groups is 7. The molecule has 2 aromatic heterocycles. The van der Waals surface area contributed by atoms with Gasteiger partial charge in [0.05, 0.1) is 44.9 Å². The fourth-order valence-electron chi connectivity index (χ4n) is 8.96. The number of carboxylic acid groups (broad SMARTS) is 1. The van der Waals surface area contributed by atoms with Crippen LogP contribution in [0.5, 0.6) is 0 Å². The topological polar surface area (TPSA) is 245 Å². The number of benzene rings is 2. The van der Waals surface area contributed by atoms with Crippen LogP contribution in [-0.2, 0) is 42.9 Å². The minimum Gasteiger partial charge on any atom is -0.480 e. The van der Waals surface area contributed by atoms with Crippen molar-refractivity contribution in [1.29, 1.82) is 0 Å². The summed E-state index contributed by atoms with van der Waals surface area (Å²) in [6.07, 6.45) is 11.3. The normalized spacial score (nSPS) is 27.0. The van der Waals surface area contributed by atoms with E-state index in [1.165, 1.54) is 9.80 Å². The standard InChI is InChI=1S/C27H30N4O7.C21H21N3O5/c1-2-37-27-20(13-22(32)38-27)30-24(33)21-15-36-14-17-8-4-6-10-19(26(35)31(17)21)29-25(34)23-18-9-5-3-7-16(18)11-12-28-23;25-19(18-15-7-3-1-5-13(15)9-10-22-18)23-16-8-4-2-6-14-11-29-12-17(21(27)28)24(14)20(16)26/h3-7,9,11-12,17,19-21,27H,2,8,10,13-15H2,1H3,(H,29,34)(H,30,33);1-5,7,9-10,14,16-17H,6,8,11-12H2,(H,23,25)(H,27,28)/b6-4-;4-2-/t17-,19-,20-,21-,27?;14-,16-,17-/m00/s1. The third-order valence-electron chi connectivity index (χ3n) is 12.2. The average Bonchev–Trinajstić information content (AvgIpc) is 3.68. The largest absolute Gasteiger partial charge is 0.480 e. The molecule has 5 amide bonds. The zero-order valence-electron chi connectivity index (χ0n) is 36.7. The van der Waals surface area contributed by atoms with E-state index in [-0.39, 0.29) is 75.1 Å². The second-order valence-corrected chi connectivity index (χ2v) is 16.6. The predicted molar refractivity (Wildman–Crippen MR) is 239 cm³/mol. The van der Waals surface area contributed by atoms with Gasteiger partial charge in [0.2, 0.25) is 24.0 Å². The number of hydrogen-bond donors (Lipinski definition) is 4. The number of morpholine rings is 2. The molecule has 5 aliphatic rings. The lowest BCUT2D eigenvalue weighted by molar-refractivity contribution is -0.166. The molecular formula is C48H51N7O12. The maximum absolute atomic E-state index is 13.9. The number of esters is 1. The number of pyridine rings is 2. The summed E-state index contributed by atoms with van der Waals surface area (Å²) in [5, 5.41) is 21.0. The van der Waals surface area contributed by atoms with Crippen LogP contribution in [0, 0.1) is 0 Å². The Balaban J connectivity index is 0.000000188. The number of nitrogens with zero attached hydrogens (tertiary/aromatic N) is 4. The Morgan fingerprint density at radius 3 is 1.69 bits per heavy atom. The second-order valence-electron chi connectivity index (χ2n) is 16.6. The van der Waals surface area contributed by atoms with Gasteiger partial charge in [0.25, 0.3) is 11.8 Å². The monoisotopic (exact) mass is 917 g/mol. The van der Waals surface area contributed by atoms with Crippen molar-refractivity contribution in [2.75, 3.05) is 33.0 Å². The molecule has 7 heterocycles. The number of carboxylic acids is 1. The van der Waals surface area contributed by atoms with Gasteiger partial charge in [0.1, 0.15) is 35.6 Å². The predicted octanol–water partition coefficient (Wildman–Crippen LogP) is 2.44. The minimum absolute atomic E-state index is 0.00976. The Kier molecular flexibility index (Phi) is 14.6. The number of hydrogen-bond acceptors (Lipinski definition) is 13. The summed E-state index contributed by atoms with van der Waals surface area (Å²) < 4.78 is 21.7. The van der Waals surface area contributed by atoms with Gasteiger partial charge in [-0.05, 0) is 55.5 Å². The first kappa shape index (κ1) is 46.4. The molecule has 8 atom stereocenters. The summed E-state index contributed by atoms with van der Waals surface area (Å²) in [4.78, 5) is 101. The van der Waals surface area contributed by atoms with Crippen molar-refractivity contribution in [3.05, 3.63) is 109 Å². The number of aliphatic carboxylic acids is 1. The van der Waals surface area contributed by atoms with Crippen LogP contribution in [0.1, 0.15) is 60.0 Å². The molecule has 350 valence electrons. The SMILES string of the molecule is CCOC1OC(=O)C[C@@H]1NC(=O)[C@@H]1COC[C@@H]2C/C=C\C[C@H](NC(=O)c3nccc4ccccc34)C(=O)N21.O=C(N[C@H]1C/C=C\C[C@H]2COC[C@@H](C(=O)O)N2C1=O)c1nccc2ccccc12. The van der Waals surface area contributed by atoms with Gasteiger partial charge in [-0.15, -0.1) is 0 Å². The lowest BCUT2D eigenvalue weighted by atomic mass is 9.99. The van der Waals surface area contributed by atoms with Gasteiger partial charge in [0, 0.05) is 29.8 Å². The first-order valence-corrected chi connectivity index (χ1v) is 22.3. The van der Waals surface area contributed by atoms with Gasteiger partial charge < -0.3 is 49.8 Å². The maximum Gasteiger partial charge on any atom is 0.328 e.